The summed E-state index contributed by atoms with van der Waals surface area (Å²) in [6.07, 6.45) is 0. The number of likely N-dealkylation sites (N-methyl/N-ethyl adjacent to an activating group) is 1. The van der Waals surface area contributed by atoms with Gasteiger partial charge >= 0.3 is 5.69 Å². The molecule has 0 spiro atoms. The lowest BCUT2D eigenvalue weighted by Gasteiger charge is -2.19. The maximum absolute atomic E-state index is 11.8. The Bertz CT molecular complexity index is 472. The van der Waals surface area contributed by atoms with Gasteiger partial charge in [-0.05, 0) is 26.0 Å². The van der Waals surface area contributed by atoms with Crippen LogP contribution in [0.4, 0.5) is 17.1 Å². The monoisotopic (exact) mass is 266 g/mol. The van der Waals surface area contributed by atoms with E-state index in [0.717, 1.165) is 0 Å². The highest BCUT2D eigenvalue weighted by Crippen LogP contribution is 2.30. The minimum atomic E-state index is -0.556. The molecule has 0 aliphatic heterocycles. The number of hydrogen-bond donors (Lipinski definition) is 2. The van der Waals surface area contributed by atoms with Crippen LogP contribution in [0, 0.1) is 10.1 Å². The zero-order valence-electron chi connectivity index (χ0n) is 11.0. The van der Waals surface area contributed by atoms with Gasteiger partial charge in [-0.2, -0.15) is 0 Å². The van der Waals surface area contributed by atoms with E-state index in [4.69, 9.17) is 5.73 Å². The number of nitrogens with zero attached hydrogens (tertiary/aromatic N) is 2. The molecule has 7 heteroatoms. The molecule has 0 heterocycles. The highest BCUT2D eigenvalue weighted by molar-refractivity contribution is 5.83. The molecular weight excluding hydrogens is 248 g/mol. The van der Waals surface area contributed by atoms with Crippen LogP contribution in [0.1, 0.15) is 13.8 Å². The van der Waals surface area contributed by atoms with Crippen molar-refractivity contribution < 1.29 is 9.72 Å². The number of nitrogen functional groups attached to an aromatic ring is 1. The second-order valence-electron chi connectivity index (χ2n) is 3.92. The van der Waals surface area contributed by atoms with Crippen molar-refractivity contribution in [3.05, 3.63) is 28.3 Å². The van der Waals surface area contributed by atoms with Crippen molar-refractivity contribution in [3.8, 4) is 0 Å². The van der Waals surface area contributed by atoms with Crippen LogP contribution in [0.2, 0.25) is 0 Å². The smallest absolute Gasteiger partial charge is 0.314 e. The number of nitrogens with two attached hydrogens (primary N) is 1. The van der Waals surface area contributed by atoms with E-state index in [2.05, 4.69) is 5.32 Å². The van der Waals surface area contributed by atoms with Gasteiger partial charge in [0.05, 0.1) is 11.5 Å². The number of carbonyl (C=O) groups excluding carboxylic acids is 1. The fourth-order valence-electron chi connectivity index (χ4n) is 1.77. The number of nitrogens with one attached hydrogen (secondary N) is 1. The minimum absolute atomic E-state index is 0.00593. The Labute approximate surface area is 111 Å². The summed E-state index contributed by atoms with van der Waals surface area (Å²) in [6, 6.07) is 4.59. The lowest BCUT2D eigenvalue weighted by molar-refractivity contribution is -0.383. The number of amides is 1. The maximum Gasteiger partial charge on any atom is 0.314 e. The van der Waals surface area contributed by atoms with Crippen LogP contribution in [0.3, 0.4) is 0 Å². The van der Waals surface area contributed by atoms with Crippen LogP contribution >= 0.6 is 0 Å². The first-order valence-corrected chi connectivity index (χ1v) is 6.05. The molecule has 0 saturated heterocycles. The van der Waals surface area contributed by atoms with Gasteiger partial charge in [0.2, 0.25) is 5.91 Å². The van der Waals surface area contributed by atoms with E-state index >= 15 is 0 Å². The molecule has 0 aliphatic rings. The summed E-state index contributed by atoms with van der Waals surface area (Å²) in [5.41, 5.74) is 5.69. The van der Waals surface area contributed by atoms with Crippen molar-refractivity contribution in [2.24, 2.45) is 0 Å². The van der Waals surface area contributed by atoms with Crippen LogP contribution in [0.5, 0.6) is 0 Å². The van der Waals surface area contributed by atoms with E-state index < -0.39 is 4.92 Å². The lowest BCUT2D eigenvalue weighted by atomic mass is 10.2. The molecule has 104 valence electrons. The second-order valence-corrected chi connectivity index (χ2v) is 3.92. The lowest BCUT2D eigenvalue weighted by Crippen LogP contribution is -2.35. The summed E-state index contributed by atoms with van der Waals surface area (Å²) in [5, 5.41) is 13.7. The Kier molecular flexibility index (Phi) is 5.11. The van der Waals surface area contributed by atoms with Gasteiger partial charge in [-0.15, -0.1) is 0 Å². The Hall–Kier alpha value is -2.31. The van der Waals surface area contributed by atoms with Crippen LogP contribution in [-0.2, 0) is 4.79 Å². The van der Waals surface area contributed by atoms with E-state index in [9.17, 15) is 14.9 Å². The average Bonchev–Trinajstić information content (AvgIpc) is 2.37. The molecule has 1 rings (SSSR count). The van der Waals surface area contributed by atoms with E-state index in [-0.39, 0.29) is 29.5 Å². The fourth-order valence-corrected chi connectivity index (χ4v) is 1.77. The molecule has 7 nitrogen and oxygen atoms in total. The molecular formula is C12H18N4O3. The van der Waals surface area contributed by atoms with Crippen molar-refractivity contribution in [1.82, 2.24) is 4.90 Å². The van der Waals surface area contributed by atoms with Crippen LogP contribution < -0.4 is 11.1 Å². The summed E-state index contributed by atoms with van der Waals surface area (Å²) >= 11 is 0. The third-order valence-corrected chi connectivity index (χ3v) is 2.80. The van der Waals surface area contributed by atoms with Crippen molar-refractivity contribution in [2.75, 3.05) is 30.7 Å². The Morgan fingerprint density at radius 1 is 1.42 bits per heavy atom. The summed E-state index contributed by atoms with van der Waals surface area (Å²) < 4.78 is 0. The Morgan fingerprint density at radius 3 is 2.58 bits per heavy atom. The van der Waals surface area contributed by atoms with Gasteiger partial charge in [0.25, 0.3) is 0 Å². The van der Waals surface area contributed by atoms with E-state index in [1.807, 2.05) is 13.8 Å². The molecule has 0 aliphatic carbocycles. The molecule has 0 radical (unpaired) electrons. The molecule has 0 unspecified atom stereocenters. The fraction of sp³-hybridized carbons (Fsp3) is 0.417. The van der Waals surface area contributed by atoms with Gasteiger partial charge in [-0.3, -0.25) is 14.9 Å². The topological polar surface area (TPSA) is 102 Å². The number of nitro groups is 1. The average molecular weight is 266 g/mol. The van der Waals surface area contributed by atoms with Gasteiger partial charge in [-0.1, -0.05) is 6.07 Å². The molecule has 1 amide bonds. The number of carbonyl (C=O) groups is 1. The number of nitro benzene ring substituents is 1. The van der Waals surface area contributed by atoms with Crippen LogP contribution in [-0.4, -0.2) is 35.4 Å². The first kappa shape index (κ1) is 14.7. The second kappa shape index (κ2) is 6.58. The molecule has 1 aromatic rings. The molecule has 0 bridgehead atoms. The minimum Gasteiger partial charge on any atom is -0.393 e. The quantitative estimate of drug-likeness (QED) is 0.461. The highest BCUT2D eigenvalue weighted by Gasteiger charge is 2.18. The van der Waals surface area contributed by atoms with E-state index in [1.54, 1.807) is 11.0 Å². The summed E-state index contributed by atoms with van der Waals surface area (Å²) in [5.74, 6) is -0.110. The number of para-hydroxylation sites is 1. The standard InChI is InChI=1S/C12H18N4O3/c1-3-15(4-2)11(17)8-14-10-7-5-6-9(13)12(10)16(18)19/h5-7,14H,3-4,8,13H2,1-2H3. The zero-order valence-corrected chi connectivity index (χ0v) is 11.0. The van der Waals surface area contributed by atoms with Crippen molar-refractivity contribution >= 4 is 23.0 Å². The van der Waals surface area contributed by atoms with E-state index in [0.29, 0.717) is 13.1 Å². The Morgan fingerprint density at radius 2 is 2.05 bits per heavy atom. The van der Waals surface area contributed by atoms with Gasteiger partial charge < -0.3 is 16.0 Å². The molecule has 0 saturated carbocycles. The predicted octanol–water partition coefficient (Wildman–Crippen LogP) is 1.46. The first-order chi connectivity index (χ1) is 9.01. The Balaban J connectivity index is 2.81. The van der Waals surface area contributed by atoms with Gasteiger partial charge in [0.1, 0.15) is 11.4 Å². The van der Waals surface area contributed by atoms with Gasteiger partial charge in [0.15, 0.2) is 0 Å². The van der Waals surface area contributed by atoms with Crippen LogP contribution in [0.25, 0.3) is 0 Å². The van der Waals surface area contributed by atoms with Crippen molar-refractivity contribution in [1.29, 1.82) is 0 Å². The van der Waals surface area contributed by atoms with Crippen molar-refractivity contribution in [2.45, 2.75) is 13.8 Å². The summed E-state index contributed by atoms with van der Waals surface area (Å²) in [7, 11) is 0. The third-order valence-electron chi connectivity index (χ3n) is 2.80. The number of anilines is 2. The predicted molar refractivity (Wildman–Crippen MR) is 73.9 cm³/mol. The molecule has 1 aromatic carbocycles. The van der Waals surface area contributed by atoms with E-state index in [1.165, 1.54) is 12.1 Å². The molecule has 19 heavy (non-hydrogen) atoms. The number of benzene rings is 1. The SMILES string of the molecule is CCN(CC)C(=O)CNc1cccc(N)c1[N+](=O)[O-]. The normalized spacial score (nSPS) is 10.0. The first-order valence-electron chi connectivity index (χ1n) is 6.05. The van der Waals surface area contributed by atoms with Gasteiger partial charge in [0, 0.05) is 13.1 Å². The highest BCUT2D eigenvalue weighted by atomic mass is 16.6. The van der Waals surface area contributed by atoms with Gasteiger partial charge in [-0.25, -0.2) is 0 Å². The summed E-state index contributed by atoms with van der Waals surface area (Å²) in [4.78, 5) is 23.8. The molecule has 3 N–H and O–H groups in total. The third kappa shape index (κ3) is 3.57. The number of rotatable bonds is 6. The van der Waals surface area contributed by atoms with Crippen LogP contribution in [0.15, 0.2) is 18.2 Å². The zero-order chi connectivity index (χ0) is 14.4. The molecule has 0 aromatic heterocycles. The molecule has 0 atom stereocenters. The maximum atomic E-state index is 11.8. The van der Waals surface area contributed by atoms with Crippen molar-refractivity contribution in [3.63, 3.8) is 0 Å². The summed E-state index contributed by atoms with van der Waals surface area (Å²) in [6.45, 7) is 4.98. The molecule has 0 fully saturated rings. The number of hydrogen-bond acceptors (Lipinski definition) is 5. The largest absolute Gasteiger partial charge is 0.393 e.